The van der Waals surface area contributed by atoms with Crippen LogP contribution in [-0.4, -0.2) is 38.7 Å². The molecule has 1 fully saturated rings. The number of hydrogen-bond acceptors (Lipinski definition) is 5. The monoisotopic (exact) mass is 276 g/mol. The molecule has 2 atom stereocenters. The minimum absolute atomic E-state index is 0.190. The minimum Gasteiger partial charge on any atom is -0.356 e. The highest BCUT2D eigenvalue weighted by Crippen LogP contribution is 2.23. The van der Waals surface area contributed by atoms with Gasteiger partial charge in [0, 0.05) is 25.2 Å². The first kappa shape index (κ1) is 13.1. The number of aromatic nitrogens is 4. The fraction of sp³-hybridized carbons (Fsp3) is 0.615. The van der Waals surface area contributed by atoms with Crippen LogP contribution in [0.1, 0.15) is 25.6 Å². The lowest BCUT2D eigenvalue weighted by atomic mass is 9.92. The van der Waals surface area contributed by atoms with Gasteiger partial charge in [-0.25, -0.2) is 19.3 Å². The zero-order chi connectivity index (χ0) is 14.3. The van der Waals surface area contributed by atoms with Crippen LogP contribution in [0.15, 0.2) is 10.9 Å². The number of nitrogens with one attached hydrogen (secondary N) is 1. The number of fused-ring (bicyclic) bond motifs is 1. The van der Waals surface area contributed by atoms with E-state index in [9.17, 15) is 4.79 Å². The SMILES string of the molecule is Cc1nc(N2CCCC(C(C)N)C2)cc2n[nH]c(=O)n12. The molecular formula is C13H20N6O. The number of piperidine rings is 1. The third kappa shape index (κ3) is 2.18. The molecule has 7 nitrogen and oxygen atoms in total. The molecule has 3 rings (SSSR count). The first-order chi connectivity index (χ1) is 9.56. The van der Waals surface area contributed by atoms with Crippen molar-refractivity contribution in [2.45, 2.75) is 32.7 Å². The Hall–Kier alpha value is -1.89. The largest absolute Gasteiger partial charge is 0.356 e. The fourth-order valence-electron chi connectivity index (χ4n) is 2.89. The van der Waals surface area contributed by atoms with Crippen molar-refractivity contribution in [3.05, 3.63) is 22.4 Å². The van der Waals surface area contributed by atoms with Gasteiger partial charge in [-0.2, -0.15) is 5.10 Å². The predicted octanol–water partition coefficient (Wildman–Crippen LogP) is 0.290. The molecule has 2 aromatic heterocycles. The second kappa shape index (κ2) is 4.90. The Morgan fingerprint density at radius 2 is 2.35 bits per heavy atom. The van der Waals surface area contributed by atoms with E-state index in [1.807, 2.05) is 13.0 Å². The number of aryl methyl sites for hydroxylation is 1. The molecule has 0 bridgehead atoms. The minimum atomic E-state index is -0.247. The van der Waals surface area contributed by atoms with E-state index in [0.717, 1.165) is 31.7 Å². The Balaban J connectivity index is 1.96. The molecule has 3 heterocycles. The molecular weight excluding hydrogens is 256 g/mol. The summed E-state index contributed by atoms with van der Waals surface area (Å²) in [6.07, 6.45) is 2.28. The van der Waals surface area contributed by atoms with Crippen LogP contribution in [0.25, 0.3) is 5.65 Å². The number of anilines is 1. The summed E-state index contributed by atoms with van der Waals surface area (Å²) < 4.78 is 1.48. The van der Waals surface area contributed by atoms with Crippen LogP contribution in [-0.2, 0) is 0 Å². The molecule has 0 aliphatic carbocycles. The van der Waals surface area contributed by atoms with Gasteiger partial charge >= 0.3 is 5.69 Å². The summed E-state index contributed by atoms with van der Waals surface area (Å²) in [6.45, 7) is 5.76. The molecule has 2 aromatic rings. The lowest BCUT2D eigenvalue weighted by Gasteiger charge is -2.35. The van der Waals surface area contributed by atoms with E-state index < -0.39 is 0 Å². The Morgan fingerprint density at radius 1 is 1.55 bits per heavy atom. The molecule has 7 heteroatoms. The van der Waals surface area contributed by atoms with Crippen LogP contribution in [0.2, 0.25) is 0 Å². The molecule has 1 saturated heterocycles. The highest BCUT2D eigenvalue weighted by Gasteiger charge is 2.24. The predicted molar refractivity (Wildman–Crippen MR) is 76.9 cm³/mol. The summed E-state index contributed by atoms with van der Waals surface area (Å²) in [5.41, 5.74) is 6.39. The first-order valence-corrected chi connectivity index (χ1v) is 7.01. The van der Waals surface area contributed by atoms with Gasteiger partial charge in [0.1, 0.15) is 11.6 Å². The van der Waals surface area contributed by atoms with Crippen LogP contribution in [0.4, 0.5) is 5.82 Å². The Bertz CT molecular complexity index is 673. The smallest absolute Gasteiger partial charge is 0.349 e. The summed E-state index contributed by atoms with van der Waals surface area (Å²) in [5.74, 6) is 2.02. The molecule has 0 radical (unpaired) electrons. The highest BCUT2D eigenvalue weighted by atomic mass is 16.1. The average Bonchev–Trinajstić information content (AvgIpc) is 2.81. The van der Waals surface area contributed by atoms with E-state index in [-0.39, 0.29) is 11.7 Å². The summed E-state index contributed by atoms with van der Waals surface area (Å²) in [6, 6.07) is 2.05. The summed E-state index contributed by atoms with van der Waals surface area (Å²) >= 11 is 0. The molecule has 0 spiro atoms. The average molecular weight is 276 g/mol. The van der Waals surface area contributed by atoms with Gasteiger partial charge in [-0.05, 0) is 32.6 Å². The van der Waals surface area contributed by atoms with Crippen molar-refractivity contribution < 1.29 is 0 Å². The molecule has 2 unspecified atom stereocenters. The van der Waals surface area contributed by atoms with Crippen molar-refractivity contribution in [1.82, 2.24) is 19.6 Å². The normalized spacial score (nSPS) is 21.4. The van der Waals surface area contributed by atoms with Gasteiger partial charge in [0.15, 0.2) is 5.65 Å². The van der Waals surface area contributed by atoms with E-state index in [2.05, 4.69) is 27.0 Å². The maximum Gasteiger partial charge on any atom is 0.349 e. The van der Waals surface area contributed by atoms with Crippen LogP contribution < -0.4 is 16.3 Å². The van der Waals surface area contributed by atoms with Crippen LogP contribution in [0.3, 0.4) is 0 Å². The Labute approximate surface area is 116 Å². The van der Waals surface area contributed by atoms with Crippen molar-refractivity contribution in [3.63, 3.8) is 0 Å². The lowest BCUT2D eigenvalue weighted by molar-refractivity contribution is 0.363. The van der Waals surface area contributed by atoms with Crippen molar-refractivity contribution in [1.29, 1.82) is 0 Å². The van der Waals surface area contributed by atoms with E-state index >= 15 is 0 Å². The number of nitrogens with zero attached hydrogens (tertiary/aromatic N) is 4. The summed E-state index contributed by atoms with van der Waals surface area (Å²) in [4.78, 5) is 18.4. The van der Waals surface area contributed by atoms with Gasteiger partial charge in [0.05, 0.1) is 0 Å². The van der Waals surface area contributed by atoms with E-state index in [1.54, 1.807) is 0 Å². The van der Waals surface area contributed by atoms with Crippen molar-refractivity contribution in [2.75, 3.05) is 18.0 Å². The zero-order valence-corrected chi connectivity index (χ0v) is 11.8. The molecule has 1 aliphatic rings. The van der Waals surface area contributed by atoms with Gasteiger partial charge in [0.25, 0.3) is 0 Å². The fourth-order valence-corrected chi connectivity index (χ4v) is 2.89. The van der Waals surface area contributed by atoms with Crippen LogP contribution in [0.5, 0.6) is 0 Å². The number of aromatic amines is 1. The molecule has 1 aliphatic heterocycles. The number of nitrogens with two attached hydrogens (primary N) is 1. The molecule has 3 N–H and O–H groups in total. The van der Waals surface area contributed by atoms with E-state index in [4.69, 9.17) is 5.73 Å². The third-order valence-corrected chi connectivity index (χ3v) is 4.08. The molecule has 0 amide bonds. The molecule has 20 heavy (non-hydrogen) atoms. The van der Waals surface area contributed by atoms with Crippen molar-refractivity contribution >= 4 is 11.5 Å². The van der Waals surface area contributed by atoms with Crippen molar-refractivity contribution in [3.8, 4) is 0 Å². The maximum atomic E-state index is 11.6. The molecule has 0 saturated carbocycles. The van der Waals surface area contributed by atoms with Gasteiger partial charge < -0.3 is 10.6 Å². The third-order valence-electron chi connectivity index (χ3n) is 4.08. The second-order valence-electron chi connectivity index (χ2n) is 5.59. The Morgan fingerprint density at radius 3 is 3.10 bits per heavy atom. The van der Waals surface area contributed by atoms with Gasteiger partial charge in [0.2, 0.25) is 0 Å². The highest BCUT2D eigenvalue weighted by molar-refractivity contribution is 5.51. The summed E-state index contributed by atoms with van der Waals surface area (Å²) in [5, 5.41) is 6.48. The standard InChI is InChI=1S/C13H20N6O/c1-8(14)10-4-3-5-18(7-10)11-6-12-16-17-13(20)19(12)9(2)15-11/h6,8,10H,3-5,7,14H2,1-2H3,(H,17,20). The lowest BCUT2D eigenvalue weighted by Crippen LogP contribution is -2.42. The van der Waals surface area contributed by atoms with E-state index in [0.29, 0.717) is 17.4 Å². The first-order valence-electron chi connectivity index (χ1n) is 7.01. The molecule has 0 aromatic carbocycles. The van der Waals surface area contributed by atoms with Crippen molar-refractivity contribution in [2.24, 2.45) is 11.7 Å². The number of rotatable bonds is 2. The number of hydrogen-bond donors (Lipinski definition) is 2. The van der Waals surface area contributed by atoms with Gasteiger partial charge in [-0.1, -0.05) is 0 Å². The number of H-pyrrole nitrogens is 1. The van der Waals surface area contributed by atoms with E-state index in [1.165, 1.54) is 4.40 Å². The van der Waals surface area contributed by atoms with Crippen LogP contribution in [0, 0.1) is 12.8 Å². The second-order valence-corrected chi connectivity index (χ2v) is 5.59. The summed E-state index contributed by atoms with van der Waals surface area (Å²) in [7, 11) is 0. The van der Waals surface area contributed by atoms with Gasteiger partial charge in [-0.15, -0.1) is 0 Å². The Kier molecular flexibility index (Phi) is 3.21. The van der Waals surface area contributed by atoms with Crippen LogP contribution >= 0.6 is 0 Å². The zero-order valence-electron chi connectivity index (χ0n) is 11.8. The van der Waals surface area contributed by atoms with Gasteiger partial charge in [-0.3, -0.25) is 0 Å². The molecule has 108 valence electrons. The quantitative estimate of drug-likeness (QED) is 0.822. The topological polar surface area (TPSA) is 92.3 Å². The maximum absolute atomic E-state index is 11.6.